The second-order valence-electron chi connectivity index (χ2n) is 2.24. The number of nitrogens with two attached hydrogens (primary N) is 2. The molecule has 0 aromatic carbocycles. The molecule has 0 saturated heterocycles. The van der Waals surface area contributed by atoms with Crippen molar-refractivity contribution in [3.63, 3.8) is 0 Å². The molecule has 0 spiro atoms. The lowest BCUT2D eigenvalue weighted by Crippen LogP contribution is -1.97. The summed E-state index contributed by atoms with van der Waals surface area (Å²) in [5.41, 5.74) is 9.85. The first-order valence-electron chi connectivity index (χ1n) is 3.60. The van der Waals surface area contributed by atoms with Crippen molar-refractivity contribution < 1.29 is 9.59 Å². The molecule has 4 nitrogen and oxygen atoms in total. The van der Waals surface area contributed by atoms with Gasteiger partial charge in [0, 0.05) is 6.54 Å². The molecule has 0 atom stereocenters. The number of hydrogen-bond acceptors (Lipinski definition) is 4. The van der Waals surface area contributed by atoms with Gasteiger partial charge in [0.15, 0.2) is 0 Å². The van der Waals surface area contributed by atoms with Crippen LogP contribution in [0.3, 0.4) is 0 Å². The van der Waals surface area contributed by atoms with Crippen LogP contribution >= 0.6 is 0 Å². The molecule has 0 radical (unpaired) electrons. The van der Waals surface area contributed by atoms with Gasteiger partial charge >= 0.3 is 0 Å². The molecular weight excluding hydrogens is 156 g/mol. The van der Waals surface area contributed by atoms with Crippen LogP contribution < -0.4 is 11.5 Å². The zero-order valence-corrected chi connectivity index (χ0v) is 7.54. The zero-order valence-electron chi connectivity index (χ0n) is 7.54. The molecule has 0 bridgehead atoms. The minimum atomic E-state index is -0.0625. The van der Waals surface area contributed by atoms with Crippen molar-refractivity contribution in [2.75, 3.05) is 6.54 Å². The van der Waals surface area contributed by atoms with Crippen LogP contribution in [0.4, 0.5) is 0 Å². The predicted octanol–water partition coefficient (Wildman–Crippen LogP) is -0.0280. The molecule has 0 amide bonds. The van der Waals surface area contributed by atoms with Crippen molar-refractivity contribution >= 4 is 11.6 Å². The first kappa shape index (κ1) is 13.4. The van der Waals surface area contributed by atoms with Crippen LogP contribution in [0.5, 0.6) is 0 Å². The molecule has 0 saturated carbocycles. The molecule has 0 aromatic heterocycles. The van der Waals surface area contributed by atoms with E-state index in [1.54, 1.807) is 6.08 Å². The van der Waals surface area contributed by atoms with Crippen LogP contribution in [0.25, 0.3) is 0 Å². The summed E-state index contributed by atoms with van der Waals surface area (Å²) in [4.78, 5) is 20.1. The third-order valence-corrected chi connectivity index (χ3v) is 0.770. The first-order chi connectivity index (χ1) is 5.54. The average Bonchev–Trinajstić information content (AvgIpc) is 1.87. The third-order valence-electron chi connectivity index (χ3n) is 0.770. The Bertz CT molecular complexity index is 152. The average molecular weight is 172 g/mol. The van der Waals surface area contributed by atoms with E-state index in [1.165, 1.54) is 20.0 Å². The summed E-state index contributed by atoms with van der Waals surface area (Å²) in [5.74, 6) is -0.125. The normalized spacial score (nSPS) is 8.92. The minimum Gasteiger partial charge on any atom is -0.405 e. The molecule has 0 aliphatic rings. The van der Waals surface area contributed by atoms with Crippen molar-refractivity contribution in [3.05, 3.63) is 12.3 Å². The van der Waals surface area contributed by atoms with Crippen molar-refractivity contribution in [1.82, 2.24) is 0 Å². The molecule has 0 rings (SSSR count). The summed E-state index contributed by atoms with van der Waals surface area (Å²) in [5, 5.41) is 0. The smallest absolute Gasteiger partial charge is 0.137 e. The van der Waals surface area contributed by atoms with E-state index < -0.39 is 0 Å². The van der Waals surface area contributed by atoms with Crippen molar-refractivity contribution in [2.24, 2.45) is 11.5 Å². The fourth-order valence-corrected chi connectivity index (χ4v) is 0.429. The molecule has 0 fully saturated rings. The van der Waals surface area contributed by atoms with E-state index >= 15 is 0 Å². The van der Waals surface area contributed by atoms with Crippen molar-refractivity contribution in [2.45, 2.75) is 20.3 Å². The minimum absolute atomic E-state index is 0.0625. The highest BCUT2D eigenvalue weighted by molar-refractivity contribution is 5.96. The number of Topliss-reactive ketones (excluding diaryl/α,β-unsaturated/α-hetero) is 2. The molecule has 0 unspecified atom stereocenters. The molecular formula is C8H16N2O2. The number of carbonyl (C=O) groups is 2. The fraction of sp³-hybridized carbons (Fsp3) is 0.500. The van der Waals surface area contributed by atoms with Crippen LogP contribution in [0.2, 0.25) is 0 Å². The maximum atomic E-state index is 10.0. The second kappa shape index (κ2) is 9.84. The lowest BCUT2D eigenvalue weighted by Gasteiger charge is -1.81. The van der Waals surface area contributed by atoms with Gasteiger partial charge in [0.25, 0.3) is 0 Å². The van der Waals surface area contributed by atoms with Gasteiger partial charge < -0.3 is 11.5 Å². The van der Waals surface area contributed by atoms with E-state index in [4.69, 9.17) is 11.5 Å². The van der Waals surface area contributed by atoms with Gasteiger partial charge in [-0.05, 0) is 20.0 Å². The van der Waals surface area contributed by atoms with Gasteiger partial charge in [-0.2, -0.15) is 0 Å². The van der Waals surface area contributed by atoms with Gasteiger partial charge in [0.2, 0.25) is 0 Å². The molecule has 0 heterocycles. The van der Waals surface area contributed by atoms with E-state index in [1.807, 2.05) is 0 Å². The highest BCUT2D eigenvalue weighted by Crippen LogP contribution is 1.80. The van der Waals surface area contributed by atoms with E-state index in [0.29, 0.717) is 6.54 Å². The van der Waals surface area contributed by atoms with Crippen LogP contribution in [-0.2, 0) is 9.59 Å². The van der Waals surface area contributed by atoms with Gasteiger partial charge in [0.1, 0.15) is 11.6 Å². The highest BCUT2D eigenvalue weighted by atomic mass is 16.1. The van der Waals surface area contributed by atoms with E-state index in [9.17, 15) is 9.59 Å². The summed E-state index contributed by atoms with van der Waals surface area (Å²) in [7, 11) is 0. The van der Waals surface area contributed by atoms with Gasteiger partial charge in [-0.1, -0.05) is 6.08 Å². The Labute approximate surface area is 72.6 Å². The SMILES string of the molecule is CC(=O)CC(C)=O.NC=CCN. The number of carbonyl (C=O) groups excluding carboxylic acids is 2. The molecule has 0 aliphatic carbocycles. The summed E-state index contributed by atoms with van der Waals surface area (Å²) in [6.07, 6.45) is 3.19. The Morgan fingerprint density at radius 1 is 1.25 bits per heavy atom. The Balaban J connectivity index is 0. The summed E-state index contributed by atoms with van der Waals surface area (Å²) >= 11 is 0. The van der Waals surface area contributed by atoms with E-state index in [2.05, 4.69) is 0 Å². The van der Waals surface area contributed by atoms with Gasteiger partial charge in [-0.25, -0.2) is 0 Å². The number of ketones is 2. The zero-order chi connectivity index (χ0) is 9.98. The third kappa shape index (κ3) is 23.2. The van der Waals surface area contributed by atoms with Gasteiger partial charge in [-0.15, -0.1) is 0 Å². The molecule has 4 heteroatoms. The Morgan fingerprint density at radius 2 is 1.67 bits per heavy atom. The lowest BCUT2D eigenvalue weighted by atomic mass is 10.2. The first-order valence-corrected chi connectivity index (χ1v) is 3.60. The van der Waals surface area contributed by atoms with Crippen LogP contribution in [-0.4, -0.2) is 18.1 Å². The molecule has 0 aromatic rings. The predicted molar refractivity (Wildman–Crippen MR) is 48.4 cm³/mol. The standard InChI is InChI=1S/C5H8O2.C3H8N2/c1-4(6)3-5(2)7;4-2-1-3-5/h3H2,1-2H3;1-2H,3-5H2. The van der Waals surface area contributed by atoms with E-state index in [0.717, 1.165) is 0 Å². The Morgan fingerprint density at radius 3 is 1.67 bits per heavy atom. The van der Waals surface area contributed by atoms with Gasteiger partial charge in [0.05, 0.1) is 6.42 Å². The van der Waals surface area contributed by atoms with Gasteiger partial charge in [-0.3, -0.25) is 9.59 Å². The highest BCUT2D eigenvalue weighted by Gasteiger charge is 1.94. The largest absolute Gasteiger partial charge is 0.405 e. The Hall–Kier alpha value is -1.16. The summed E-state index contributed by atoms with van der Waals surface area (Å²) < 4.78 is 0. The second-order valence-corrected chi connectivity index (χ2v) is 2.24. The van der Waals surface area contributed by atoms with Crippen molar-refractivity contribution in [3.8, 4) is 0 Å². The monoisotopic (exact) mass is 172 g/mol. The Kier molecular flexibility index (Phi) is 11.0. The van der Waals surface area contributed by atoms with Crippen LogP contribution in [0.15, 0.2) is 12.3 Å². The van der Waals surface area contributed by atoms with Crippen LogP contribution in [0.1, 0.15) is 20.3 Å². The molecule has 0 aliphatic heterocycles. The van der Waals surface area contributed by atoms with E-state index in [-0.39, 0.29) is 18.0 Å². The lowest BCUT2D eigenvalue weighted by molar-refractivity contribution is -0.124. The number of rotatable bonds is 3. The fourth-order valence-electron chi connectivity index (χ4n) is 0.429. The van der Waals surface area contributed by atoms with Crippen LogP contribution in [0, 0.1) is 0 Å². The summed E-state index contributed by atoms with van der Waals surface area (Å²) in [6.45, 7) is 3.35. The topological polar surface area (TPSA) is 86.2 Å². The molecule has 4 N–H and O–H groups in total. The van der Waals surface area contributed by atoms with Crippen molar-refractivity contribution in [1.29, 1.82) is 0 Å². The number of hydrogen-bond donors (Lipinski definition) is 2. The summed E-state index contributed by atoms with van der Waals surface area (Å²) in [6, 6.07) is 0. The molecule has 70 valence electrons. The quantitative estimate of drug-likeness (QED) is 0.585. The molecule has 12 heavy (non-hydrogen) atoms. The maximum Gasteiger partial charge on any atom is 0.137 e. The maximum absolute atomic E-state index is 10.0.